The number of ether oxygens (including phenoxy) is 2. The number of alkyl carbamates (subject to hydrolysis) is 1. The predicted octanol–water partition coefficient (Wildman–Crippen LogP) is 3.90. The summed E-state index contributed by atoms with van der Waals surface area (Å²) < 4.78 is 23.5. The summed E-state index contributed by atoms with van der Waals surface area (Å²) in [4.78, 5) is 20.0. The van der Waals surface area contributed by atoms with Gasteiger partial charge in [0.05, 0.1) is 18.7 Å². The van der Waals surface area contributed by atoms with Crippen molar-refractivity contribution in [2.45, 2.75) is 26.4 Å². The maximum absolute atomic E-state index is 13.0. The lowest BCUT2D eigenvalue weighted by Crippen LogP contribution is -2.34. The van der Waals surface area contributed by atoms with Gasteiger partial charge in [-0.2, -0.15) is 0 Å². The van der Waals surface area contributed by atoms with E-state index in [0.717, 1.165) is 5.56 Å². The van der Waals surface area contributed by atoms with E-state index in [2.05, 4.69) is 15.3 Å². The Morgan fingerprint density at radius 1 is 1.19 bits per heavy atom. The molecule has 26 heavy (non-hydrogen) atoms. The van der Waals surface area contributed by atoms with Crippen LogP contribution in [0.4, 0.5) is 9.18 Å². The van der Waals surface area contributed by atoms with Crippen molar-refractivity contribution in [3.8, 4) is 17.1 Å². The summed E-state index contributed by atoms with van der Waals surface area (Å²) in [5.74, 6) is 0.979. The van der Waals surface area contributed by atoms with Crippen LogP contribution in [0.25, 0.3) is 11.4 Å². The van der Waals surface area contributed by atoms with Crippen molar-refractivity contribution in [3.05, 3.63) is 54.6 Å². The molecule has 0 saturated heterocycles. The van der Waals surface area contributed by atoms with Crippen molar-refractivity contribution in [2.24, 2.45) is 0 Å². The van der Waals surface area contributed by atoms with Crippen LogP contribution in [0.5, 0.6) is 5.75 Å². The molecule has 1 aromatic heterocycles. The van der Waals surface area contributed by atoms with Gasteiger partial charge in [-0.05, 0) is 20.8 Å². The van der Waals surface area contributed by atoms with E-state index in [4.69, 9.17) is 9.47 Å². The highest BCUT2D eigenvalue weighted by atomic mass is 19.1. The van der Waals surface area contributed by atoms with Crippen LogP contribution in [0, 0.1) is 0 Å². The van der Waals surface area contributed by atoms with E-state index in [0.29, 0.717) is 17.9 Å². The normalized spacial score (nSPS) is 11.8. The van der Waals surface area contributed by atoms with Crippen LogP contribution in [0.15, 0.2) is 54.6 Å². The molecule has 138 valence electrons. The molecule has 1 aromatic carbocycles. The number of amides is 1. The highest BCUT2D eigenvalue weighted by Crippen LogP contribution is 2.16. The Kier molecular flexibility index (Phi) is 6.66. The first-order valence-corrected chi connectivity index (χ1v) is 8.12. The van der Waals surface area contributed by atoms with Crippen molar-refractivity contribution in [1.29, 1.82) is 0 Å². The lowest BCUT2D eigenvalue weighted by Gasteiger charge is -2.20. The maximum Gasteiger partial charge on any atom is 0.407 e. The first-order valence-electron chi connectivity index (χ1n) is 8.12. The number of aromatic nitrogens is 2. The van der Waals surface area contributed by atoms with Crippen LogP contribution in [0.2, 0.25) is 0 Å². The summed E-state index contributed by atoms with van der Waals surface area (Å²) in [6.45, 7) is 5.19. The van der Waals surface area contributed by atoms with E-state index in [-0.39, 0.29) is 18.7 Å². The number of hydrogen-bond donors (Lipinski definition) is 1. The zero-order chi connectivity index (χ0) is 19.0. The van der Waals surface area contributed by atoms with Crippen LogP contribution in [0.1, 0.15) is 20.8 Å². The van der Waals surface area contributed by atoms with E-state index in [1.165, 1.54) is 12.4 Å². The van der Waals surface area contributed by atoms with E-state index in [1.807, 2.05) is 30.3 Å². The molecule has 0 saturated carbocycles. The second-order valence-corrected chi connectivity index (χ2v) is 6.52. The van der Waals surface area contributed by atoms with Gasteiger partial charge in [-0.1, -0.05) is 30.3 Å². The van der Waals surface area contributed by atoms with E-state index in [1.54, 1.807) is 20.8 Å². The molecule has 0 aliphatic carbocycles. The average molecular weight is 359 g/mol. The molecule has 0 bridgehead atoms. The molecule has 0 aliphatic heterocycles. The highest BCUT2D eigenvalue weighted by Gasteiger charge is 2.16. The topological polar surface area (TPSA) is 73.3 Å². The number of halogens is 1. The summed E-state index contributed by atoms with van der Waals surface area (Å²) in [5.41, 5.74) is 0.533. The summed E-state index contributed by atoms with van der Waals surface area (Å²) in [7, 11) is 0. The van der Waals surface area contributed by atoms with Gasteiger partial charge in [0, 0.05) is 17.7 Å². The zero-order valence-electron chi connectivity index (χ0n) is 15.0. The van der Waals surface area contributed by atoms with Gasteiger partial charge in [-0.25, -0.2) is 19.2 Å². The van der Waals surface area contributed by atoms with E-state index < -0.39 is 11.7 Å². The van der Waals surface area contributed by atoms with Crippen LogP contribution < -0.4 is 10.1 Å². The standard InChI is InChI=1S/C19H22FN3O3/c1-19(2,3)26-18(24)23-10-14(9-20)13-25-16-11-21-17(22-12-16)15-7-5-4-6-8-15/h4-9,11-12H,10,13H2,1-3H3,(H,23,24). The first-order chi connectivity index (χ1) is 12.4. The summed E-state index contributed by atoms with van der Waals surface area (Å²) in [6, 6.07) is 9.53. The smallest absolute Gasteiger partial charge is 0.407 e. The second kappa shape index (κ2) is 8.94. The molecule has 1 amide bonds. The van der Waals surface area contributed by atoms with Gasteiger partial charge in [-0.15, -0.1) is 0 Å². The average Bonchev–Trinajstić information content (AvgIpc) is 2.61. The third-order valence-electron chi connectivity index (χ3n) is 3.10. The Balaban J connectivity index is 1.84. The van der Waals surface area contributed by atoms with Crippen molar-refractivity contribution >= 4 is 6.09 Å². The van der Waals surface area contributed by atoms with E-state index in [9.17, 15) is 9.18 Å². The molecule has 7 heteroatoms. The van der Waals surface area contributed by atoms with Crippen molar-refractivity contribution in [2.75, 3.05) is 13.2 Å². The molecule has 0 atom stereocenters. The first kappa shape index (κ1) is 19.4. The molecule has 0 radical (unpaired) electrons. The minimum absolute atomic E-state index is 0.0195. The minimum atomic E-state index is -0.618. The van der Waals surface area contributed by atoms with Crippen LogP contribution in [-0.4, -0.2) is 34.8 Å². The Morgan fingerprint density at radius 2 is 1.85 bits per heavy atom. The molecule has 1 N–H and O–H groups in total. The molecule has 0 fully saturated rings. The number of nitrogens with zero attached hydrogens (tertiary/aromatic N) is 2. The number of rotatable bonds is 6. The lowest BCUT2D eigenvalue weighted by molar-refractivity contribution is 0.0531. The third kappa shape index (κ3) is 6.51. The van der Waals surface area contributed by atoms with Crippen LogP contribution in [-0.2, 0) is 4.74 Å². The third-order valence-corrected chi connectivity index (χ3v) is 3.10. The lowest BCUT2D eigenvalue weighted by atomic mass is 10.2. The molecule has 0 unspecified atom stereocenters. The number of carbonyl (C=O) groups excluding carboxylic acids is 1. The Hall–Kier alpha value is -2.96. The Morgan fingerprint density at radius 3 is 2.42 bits per heavy atom. The predicted molar refractivity (Wildman–Crippen MR) is 96.4 cm³/mol. The molecular formula is C19H22FN3O3. The highest BCUT2D eigenvalue weighted by molar-refractivity contribution is 5.68. The molecular weight excluding hydrogens is 337 g/mol. The molecule has 0 aliphatic rings. The molecule has 6 nitrogen and oxygen atoms in total. The van der Waals surface area contributed by atoms with Gasteiger partial charge >= 0.3 is 6.09 Å². The fourth-order valence-electron chi connectivity index (χ4n) is 1.92. The van der Waals surface area contributed by atoms with Gasteiger partial charge in [0.25, 0.3) is 0 Å². The monoisotopic (exact) mass is 359 g/mol. The Labute approximate surface area is 152 Å². The maximum atomic E-state index is 13.0. The molecule has 1 heterocycles. The summed E-state index contributed by atoms with van der Waals surface area (Å²) in [5, 5.41) is 2.48. The van der Waals surface area contributed by atoms with Gasteiger partial charge in [0.1, 0.15) is 12.2 Å². The zero-order valence-corrected chi connectivity index (χ0v) is 15.0. The minimum Gasteiger partial charge on any atom is -0.486 e. The molecule has 0 spiro atoms. The number of carbonyl (C=O) groups is 1. The Bertz CT molecular complexity index is 741. The van der Waals surface area contributed by atoms with E-state index >= 15 is 0 Å². The quantitative estimate of drug-likeness (QED) is 0.847. The summed E-state index contributed by atoms with van der Waals surface area (Å²) in [6.07, 6.45) is 2.82. The fourth-order valence-corrected chi connectivity index (χ4v) is 1.92. The van der Waals surface area contributed by atoms with Crippen LogP contribution >= 0.6 is 0 Å². The van der Waals surface area contributed by atoms with Gasteiger partial charge in [0.15, 0.2) is 11.6 Å². The fraction of sp³-hybridized carbons (Fsp3) is 0.316. The van der Waals surface area contributed by atoms with Gasteiger partial charge < -0.3 is 14.8 Å². The number of benzene rings is 1. The van der Waals surface area contributed by atoms with Gasteiger partial charge in [0.2, 0.25) is 0 Å². The van der Waals surface area contributed by atoms with Gasteiger partial charge in [-0.3, -0.25) is 0 Å². The van der Waals surface area contributed by atoms with Crippen LogP contribution in [0.3, 0.4) is 0 Å². The van der Waals surface area contributed by atoms with Crippen molar-refractivity contribution in [3.63, 3.8) is 0 Å². The molecule has 2 rings (SSSR count). The second-order valence-electron chi connectivity index (χ2n) is 6.52. The summed E-state index contributed by atoms with van der Waals surface area (Å²) >= 11 is 0. The number of hydrogen-bond acceptors (Lipinski definition) is 5. The van der Waals surface area contributed by atoms with Crippen molar-refractivity contribution < 1.29 is 18.7 Å². The van der Waals surface area contributed by atoms with Crippen molar-refractivity contribution in [1.82, 2.24) is 15.3 Å². The number of nitrogens with one attached hydrogen (secondary N) is 1. The largest absolute Gasteiger partial charge is 0.486 e. The molecule has 2 aromatic rings. The SMILES string of the molecule is CC(C)(C)OC(=O)NCC(=CF)COc1cnc(-c2ccccc2)nc1.